The Bertz CT molecular complexity index is 1410. The van der Waals surface area contributed by atoms with Crippen LogP contribution in [0.25, 0.3) is 6.08 Å². The predicted octanol–water partition coefficient (Wildman–Crippen LogP) is 4.54. The molecule has 40 heavy (non-hydrogen) atoms. The number of carbonyl (C=O) groups is 1. The van der Waals surface area contributed by atoms with E-state index in [1.807, 2.05) is 19.1 Å². The molecule has 212 valence electrons. The molecule has 1 spiro atoms. The summed E-state index contributed by atoms with van der Waals surface area (Å²) in [6, 6.07) is 7.75. The van der Waals surface area contributed by atoms with Gasteiger partial charge in [-0.15, -0.1) is 6.58 Å². The summed E-state index contributed by atoms with van der Waals surface area (Å²) in [6.07, 6.45) is 1.07. The highest BCUT2D eigenvalue weighted by molar-refractivity contribution is 5.92. The van der Waals surface area contributed by atoms with Gasteiger partial charge in [-0.1, -0.05) is 31.2 Å². The van der Waals surface area contributed by atoms with Gasteiger partial charge in [0.05, 0.1) is 22.6 Å². The third-order valence-electron chi connectivity index (χ3n) is 9.69. The molecular weight excluding hydrogens is 521 g/mol. The van der Waals surface area contributed by atoms with Crippen molar-refractivity contribution in [3.05, 3.63) is 77.4 Å². The van der Waals surface area contributed by atoms with Crippen LogP contribution >= 0.6 is 0 Å². The molecule has 2 aromatic rings. The molecule has 2 aromatic carbocycles. The van der Waals surface area contributed by atoms with Crippen LogP contribution in [0, 0.1) is 5.92 Å². The molecule has 0 radical (unpaired) electrons. The third kappa shape index (κ3) is 3.66. The number of phenols is 1. The molecule has 6 rings (SSSR count). The Hall–Kier alpha value is -3.30. The number of benzene rings is 2. The maximum absolute atomic E-state index is 13.5. The first-order valence-electron chi connectivity index (χ1n) is 13.6. The Labute approximate surface area is 231 Å². The van der Waals surface area contributed by atoms with Crippen LogP contribution in [0.5, 0.6) is 11.5 Å². The number of aromatic hydroxyl groups is 1. The number of aliphatic hydroxyl groups is 1. The summed E-state index contributed by atoms with van der Waals surface area (Å²) >= 11 is 0. The zero-order valence-corrected chi connectivity index (χ0v) is 22.5. The third-order valence-corrected chi connectivity index (χ3v) is 9.69. The van der Waals surface area contributed by atoms with Gasteiger partial charge in [0, 0.05) is 31.3 Å². The van der Waals surface area contributed by atoms with Gasteiger partial charge in [0.15, 0.2) is 11.5 Å². The number of halogens is 3. The second-order valence-corrected chi connectivity index (χ2v) is 11.7. The van der Waals surface area contributed by atoms with Gasteiger partial charge in [-0.2, -0.15) is 13.2 Å². The van der Waals surface area contributed by atoms with Crippen molar-refractivity contribution in [2.24, 2.45) is 5.92 Å². The second kappa shape index (κ2) is 9.11. The molecule has 0 unspecified atom stereocenters. The average molecular weight is 555 g/mol. The van der Waals surface area contributed by atoms with E-state index in [0.717, 1.165) is 23.3 Å². The SMILES string of the molecule is C=CCN1CC[C@]23c4c5ccc(O)c4O[C@H]2[C@H](N(C)C(=O)C=Cc2cccc(C(F)(F)F)c2)[C@H](C)C[C@@]3(O)[C@H]1C5. The Balaban J connectivity index is 1.37. The number of hydrogen-bond acceptors (Lipinski definition) is 5. The fourth-order valence-electron chi connectivity index (χ4n) is 8.10. The summed E-state index contributed by atoms with van der Waals surface area (Å²) in [7, 11) is 1.67. The number of hydrogen-bond donors (Lipinski definition) is 2. The van der Waals surface area contributed by atoms with Crippen LogP contribution in [0.15, 0.2) is 55.1 Å². The van der Waals surface area contributed by atoms with Gasteiger partial charge in [-0.3, -0.25) is 9.69 Å². The Morgan fingerprint density at radius 3 is 2.80 bits per heavy atom. The Kier molecular flexibility index (Phi) is 6.12. The molecule has 9 heteroatoms. The van der Waals surface area contributed by atoms with Crippen molar-refractivity contribution in [2.75, 3.05) is 20.1 Å². The van der Waals surface area contributed by atoms with Crippen molar-refractivity contribution in [3.8, 4) is 11.5 Å². The van der Waals surface area contributed by atoms with Gasteiger partial charge in [0.2, 0.25) is 5.91 Å². The molecule has 1 amide bonds. The molecule has 2 heterocycles. The highest BCUT2D eigenvalue weighted by Gasteiger charge is 2.74. The smallest absolute Gasteiger partial charge is 0.416 e. The highest BCUT2D eigenvalue weighted by Crippen LogP contribution is 2.66. The van der Waals surface area contributed by atoms with Crippen molar-refractivity contribution < 1.29 is 32.9 Å². The quantitative estimate of drug-likeness (QED) is 0.420. The van der Waals surface area contributed by atoms with E-state index in [1.165, 1.54) is 24.3 Å². The van der Waals surface area contributed by atoms with Gasteiger partial charge in [-0.05, 0) is 67.1 Å². The summed E-state index contributed by atoms with van der Waals surface area (Å²) < 4.78 is 46.0. The zero-order chi connectivity index (χ0) is 28.6. The van der Waals surface area contributed by atoms with Gasteiger partial charge < -0.3 is 19.8 Å². The van der Waals surface area contributed by atoms with Gasteiger partial charge in [0.25, 0.3) is 0 Å². The van der Waals surface area contributed by atoms with Crippen molar-refractivity contribution in [1.29, 1.82) is 0 Å². The number of rotatable bonds is 5. The lowest BCUT2D eigenvalue weighted by atomic mass is 9.46. The first-order valence-corrected chi connectivity index (χ1v) is 13.6. The topological polar surface area (TPSA) is 73.2 Å². The lowest BCUT2D eigenvalue weighted by Gasteiger charge is -2.65. The number of alkyl halides is 3. The molecule has 0 aromatic heterocycles. The molecule has 4 aliphatic rings. The van der Waals surface area contributed by atoms with E-state index in [1.54, 1.807) is 18.0 Å². The van der Waals surface area contributed by atoms with Crippen molar-refractivity contribution in [2.45, 2.75) is 61.6 Å². The molecule has 2 aliphatic heterocycles. The van der Waals surface area contributed by atoms with E-state index < -0.39 is 34.9 Å². The van der Waals surface area contributed by atoms with E-state index in [9.17, 15) is 28.2 Å². The molecule has 6 nitrogen and oxygen atoms in total. The van der Waals surface area contributed by atoms with Crippen molar-refractivity contribution in [1.82, 2.24) is 9.80 Å². The maximum Gasteiger partial charge on any atom is 0.416 e. The molecule has 2 fully saturated rings. The highest BCUT2D eigenvalue weighted by atomic mass is 19.4. The summed E-state index contributed by atoms with van der Waals surface area (Å²) in [5, 5.41) is 23.4. The van der Waals surface area contributed by atoms with Gasteiger partial charge in [0.1, 0.15) is 6.10 Å². The average Bonchev–Trinajstić information content (AvgIpc) is 3.24. The summed E-state index contributed by atoms with van der Waals surface area (Å²) in [5.74, 6) is -0.141. The minimum absolute atomic E-state index is 0.0154. The largest absolute Gasteiger partial charge is 0.504 e. The first kappa shape index (κ1) is 26.9. The van der Waals surface area contributed by atoms with Crippen molar-refractivity contribution in [3.63, 3.8) is 0 Å². The Morgan fingerprint density at radius 1 is 1.30 bits per heavy atom. The molecule has 2 bridgehead atoms. The lowest BCUT2D eigenvalue weighted by molar-refractivity contribution is -0.210. The van der Waals surface area contributed by atoms with Crippen LogP contribution in [0.2, 0.25) is 0 Å². The second-order valence-electron chi connectivity index (χ2n) is 11.7. The maximum atomic E-state index is 13.5. The molecule has 2 N–H and O–H groups in total. The molecule has 1 saturated heterocycles. The van der Waals surface area contributed by atoms with Gasteiger partial charge >= 0.3 is 6.18 Å². The number of piperidine rings is 1. The molecule has 6 atom stereocenters. The Morgan fingerprint density at radius 2 is 2.08 bits per heavy atom. The number of amides is 1. The minimum atomic E-state index is -4.48. The fraction of sp³-hybridized carbons (Fsp3) is 0.452. The number of likely N-dealkylation sites (N-methyl/N-ethyl adjacent to an activating group) is 1. The number of phenolic OH excluding ortho intramolecular Hbond substituents is 1. The van der Waals surface area contributed by atoms with Gasteiger partial charge in [-0.25, -0.2) is 0 Å². The van der Waals surface area contributed by atoms with Crippen LogP contribution in [0.4, 0.5) is 13.2 Å². The number of nitrogens with zero attached hydrogens (tertiary/aromatic N) is 2. The first-order chi connectivity index (χ1) is 18.9. The predicted molar refractivity (Wildman–Crippen MR) is 144 cm³/mol. The standard InChI is InChI=1S/C31H33F3N2O4/c1-4-13-36-14-12-29-25-20-9-10-22(37)27(25)40-28(29)26(18(2)17-30(29,39)23(36)16-20)35(3)24(38)11-8-19-6-5-7-21(15-19)31(32,33)34/h4-11,15,18,23,26,28,37,39H,1,12-14,16-17H2,2-3H3/t18-,23-,26-,28+,29+,30-/m1/s1. The number of likely N-dealkylation sites (tertiary alicyclic amines) is 1. The van der Waals surface area contributed by atoms with E-state index in [2.05, 4.69) is 11.5 Å². The van der Waals surface area contributed by atoms with Crippen LogP contribution in [-0.2, 0) is 22.8 Å². The number of carbonyl (C=O) groups excluding carboxylic acids is 1. The normalized spacial score (nSPS) is 32.5. The molecule has 2 aliphatic carbocycles. The van der Waals surface area contributed by atoms with Crippen LogP contribution in [0.1, 0.15) is 42.0 Å². The van der Waals surface area contributed by atoms with Crippen LogP contribution < -0.4 is 4.74 Å². The van der Waals surface area contributed by atoms with E-state index in [4.69, 9.17) is 4.74 Å². The van der Waals surface area contributed by atoms with E-state index >= 15 is 0 Å². The number of ether oxygens (including phenoxy) is 1. The van der Waals surface area contributed by atoms with E-state index in [0.29, 0.717) is 38.1 Å². The molecule has 1 saturated carbocycles. The lowest BCUT2D eigenvalue weighted by Crippen LogP contribution is -2.79. The zero-order valence-electron chi connectivity index (χ0n) is 22.5. The summed E-state index contributed by atoms with van der Waals surface area (Å²) in [4.78, 5) is 17.3. The monoisotopic (exact) mass is 554 g/mol. The minimum Gasteiger partial charge on any atom is -0.504 e. The van der Waals surface area contributed by atoms with Crippen LogP contribution in [-0.4, -0.2) is 69.8 Å². The fourth-order valence-corrected chi connectivity index (χ4v) is 8.10. The van der Waals surface area contributed by atoms with Crippen molar-refractivity contribution >= 4 is 12.0 Å². The van der Waals surface area contributed by atoms with Crippen LogP contribution in [0.3, 0.4) is 0 Å². The summed E-state index contributed by atoms with van der Waals surface area (Å²) in [6.45, 7) is 7.25. The summed E-state index contributed by atoms with van der Waals surface area (Å²) in [5.41, 5.74) is -0.578. The van der Waals surface area contributed by atoms with E-state index in [-0.39, 0.29) is 29.2 Å². The molecular formula is C31H33F3N2O4.